The third-order valence-electron chi connectivity index (χ3n) is 3.77. The Morgan fingerprint density at radius 1 is 1.32 bits per heavy atom. The minimum atomic E-state index is -0.476. The maximum absolute atomic E-state index is 12.3. The second-order valence-corrected chi connectivity index (χ2v) is 5.93. The Balaban J connectivity index is 1.68. The average Bonchev–Trinajstić information content (AvgIpc) is 2.99. The zero-order valence-corrected chi connectivity index (χ0v) is 14.5. The number of carbonyl (C=O) groups is 2. The van der Waals surface area contributed by atoms with Gasteiger partial charge >= 0.3 is 5.97 Å². The standard InChI is InChI=1S/C18H16ClNO5/c1-10-15(18(22)23-2)7-14(25-10)8-20-17(21)12-5-11-6-13(19)3-4-16(11)24-9-12/h3-7H,8-9H2,1-2H3,(H,20,21). The molecule has 1 N–H and O–H groups in total. The van der Waals surface area contributed by atoms with Crippen molar-refractivity contribution >= 4 is 29.6 Å². The first kappa shape index (κ1) is 17.1. The summed E-state index contributed by atoms with van der Waals surface area (Å²) in [7, 11) is 1.30. The number of aryl methyl sites for hydroxylation is 1. The fourth-order valence-corrected chi connectivity index (χ4v) is 2.68. The summed E-state index contributed by atoms with van der Waals surface area (Å²) in [6.07, 6.45) is 1.74. The molecule has 0 saturated carbocycles. The van der Waals surface area contributed by atoms with Crippen molar-refractivity contribution in [2.75, 3.05) is 13.7 Å². The smallest absolute Gasteiger partial charge is 0.341 e. The predicted molar refractivity (Wildman–Crippen MR) is 91.6 cm³/mol. The molecule has 0 radical (unpaired) electrons. The van der Waals surface area contributed by atoms with Crippen LogP contribution < -0.4 is 10.1 Å². The molecule has 130 valence electrons. The van der Waals surface area contributed by atoms with Crippen LogP contribution in [-0.4, -0.2) is 25.6 Å². The third-order valence-corrected chi connectivity index (χ3v) is 4.01. The van der Waals surface area contributed by atoms with Crippen LogP contribution in [-0.2, 0) is 16.1 Å². The van der Waals surface area contributed by atoms with Gasteiger partial charge in [0.2, 0.25) is 0 Å². The van der Waals surface area contributed by atoms with Gasteiger partial charge in [0, 0.05) is 10.6 Å². The largest absolute Gasteiger partial charge is 0.488 e. The molecule has 0 fully saturated rings. The average molecular weight is 362 g/mol. The number of carbonyl (C=O) groups excluding carboxylic acids is 2. The molecular formula is C18H16ClNO5. The van der Waals surface area contributed by atoms with Crippen LogP contribution in [0.5, 0.6) is 5.75 Å². The topological polar surface area (TPSA) is 77.8 Å². The molecule has 1 aromatic carbocycles. The van der Waals surface area contributed by atoms with Crippen molar-refractivity contribution < 1.29 is 23.5 Å². The lowest BCUT2D eigenvalue weighted by molar-refractivity contribution is -0.118. The summed E-state index contributed by atoms with van der Waals surface area (Å²) in [5.74, 6) is 0.840. The molecule has 25 heavy (non-hydrogen) atoms. The number of hydrogen-bond acceptors (Lipinski definition) is 5. The summed E-state index contributed by atoms with van der Waals surface area (Å²) in [5.41, 5.74) is 1.58. The molecule has 1 aliphatic rings. The van der Waals surface area contributed by atoms with Gasteiger partial charge in [-0.2, -0.15) is 0 Å². The van der Waals surface area contributed by atoms with Crippen molar-refractivity contribution in [3.05, 3.63) is 57.5 Å². The van der Waals surface area contributed by atoms with E-state index in [2.05, 4.69) is 10.1 Å². The first-order chi connectivity index (χ1) is 12.0. The Labute approximate surface area is 149 Å². The minimum Gasteiger partial charge on any atom is -0.488 e. The molecule has 0 saturated heterocycles. The highest BCUT2D eigenvalue weighted by molar-refractivity contribution is 6.30. The maximum atomic E-state index is 12.3. The summed E-state index contributed by atoms with van der Waals surface area (Å²) in [6.45, 7) is 1.98. The molecule has 1 aliphatic heterocycles. The van der Waals surface area contributed by atoms with E-state index in [1.807, 2.05) is 0 Å². The Morgan fingerprint density at radius 2 is 2.12 bits per heavy atom. The van der Waals surface area contributed by atoms with E-state index in [4.69, 9.17) is 20.8 Å². The van der Waals surface area contributed by atoms with E-state index in [9.17, 15) is 9.59 Å². The van der Waals surface area contributed by atoms with Crippen molar-refractivity contribution in [1.82, 2.24) is 5.32 Å². The van der Waals surface area contributed by atoms with Crippen molar-refractivity contribution in [1.29, 1.82) is 0 Å². The van der Waals surface area contributed by atoms with Gasteiger partial charge < -0.3 is 19.2 Å². The molecule has 0 unspecified atom stereocenters. The zero-order valence-electron chi connectivity index (χ0n) is 13.7. The van der Waals surface area contributed by atoms with Crippen molar-refractivity contribution in [3.8, 4) is 5.75 Å². The Kier molecular flexibility index (Phi) is 4.81. The molecule has 0 atom stereocenters. The molecule has 2 heterocycles. The second kappa shape index (κ2) is 7.03. The molecule has 7 heteroatoms. The molecule has 0 bridgehead atoms. The van der Waals surface area contributed by atoms with Crippen LogP contribution in [0.3, 0.4) is 0 Å². The molecule has 1 amide bonds. The van der Waals surface area contributed by atoms with E-state index in [1.54, 1.807) is 37.3 Å². The normalized spacial score (nSPS) is 12.7. The fourth-order valence-electron chi connectivity index (χ4n) is 2.50. The van der Waals surface area contributed by atoms with Crippen LogP contribution in [0, 0.1) is 6.92 Å². The van der Waals surface area contributed by atoms with Crippen LogP contribution in [0.1, 0.15) is 27.4 Å². The van der Waals surface area contributed by atoms with E-state index in [0.717, 1.165) is 5.56 Å². The van der Waals surface area contributed by atoms with Gasteiger partial charge in [0.15, 0.2) is 0 Å². The molecule has 0 spiro atoms. The highest BCUT2D eigenvalue weighted by Crippen LogP contribution is 2.29. The van der Waals surface area contributed by atoms with Gasteiger partial charge in [0.05, 0.1) is 19.2 Å². The van der Waals surface area contributed by atoms with E-state index < -0.39 is 5.97 Å². The summed E-state index contributed by atoms with van der Waals surface area (Å²) in [5, 5.41) is 3.32. The zero-order chi connectivity index (χ0) is 18.0. The number of halogens is 1. The van der Waals surface area contributed by atoms with Crippen LogP contribution in [0.15, 0.2) is 34.3 Å². The fraction of sp³-hybridized carbons (Fsp3) is 0.222. The number of methoxy groups -OCH3 is 1. The lowest BCUT2D eigenvalue weighted by Gasteiger charge is -2.17. The lowest BCUT2D eigenvalue weighted by atomic mass is 10.1. The number of fused-ring (bicyclic) bond motifs is 1. The van der Waals surface area contributed by atoms with Gasteiger partial charge in [-0.3, -0.25) is 4.79 Å². The summed E-state index contributed by atoms with van der Waals surface area (Å²) >= 11 is 5.96. The number of ether oxygens (including phenoxy) is 2. The molecular weight excluding hydrogens is 346 g/mol. The van der Waals surface area contributed by atoms with E-state index >= 15 is 0 Å². The SMILES string of the molecule is COC(=O)c1cc(CNC(=O)C2=Cc3cc(Cl)ccc3OC2)oc1C. The van der Waals surface area contributed by atoms with Gasteiger partial charge in [-0.1, -0.05) is 11.6 Å². The predicted octanol–water partition coefficient (Wildman–Crippen LogP) is 3.12. The van der Waals surface area contributed by atoms with Crippen molar-refractivity contribution in [2.24, 2.45) is 0 Å². The lowest BCUT2D eigenvalue weighted by Crippen LogP contribution is -2.28. The van der Waals surface area contributed by atoms with Gasteiger partial charge in [0.1, 0.15) is 29.4 Å². The van der Waals surface area contributed by atoms with Crippen LogP contribution >= 0.6 is 11.6 Å². The van der Waals surface area contributed by atoms with E-state index in [1.165, 1.54) is 7.11 Å². The van der Waals surface area contributed by atoms with E-state index in [-0.39, 0.29) is 19.1 Å². The van der Waals surface area contributed by atoms with Gasteiger partial charge in [0.25, 0.3) is 5.91 Å². The molecule has 1 aromatic heterocycles. The number of amides is 1. The third kappa shape index (κ3) is 3.69. The second-order valence-electron chi connectivity index (χ2n) is 5.50. The van der Waals surface area contributed by atoms with Crippen LogP contribution in [0.25, 0.3) is 6.08 Å². The highest BCUT2D eigenvalue weighted by Gasteiger charge is 2.19. The summed E-state index contributed by atoms with van der Waals surface area (Å²) in [6, 6.07) is 6.80. The van der Waals surface area contributed by atoms with Crippen molar-refractivity contribution in [3.63, 3.8) is 0 Å². The van der Waals surface area contributed by atoms with Gasteiger partial charge in [-0.05, 0) is 37.3 Å². The molecule has 3 rings (SSSR count). The number of furan rings is 1. The molecule has 0 aliphatic carbocycles. The number of benzene rings is 1. The monoisotopic (exact) mass is 361 g/mol. The molecule has 6 nitrogen and oxygen atoms in total. The number of rotatable bonds is 4. The Hall–Kier alpha value is -2.73. The highest BCUT2D eigenvalue weighted by atomic mass is 35.5. The number of esters is 1. The number of nitrogens with one attached hydrogen (secondary N) is 1. The van der Waals surface area contributed by atoms with Crippen molar-refractivity contribution in [2.45, 2.75) is 13.5 Å². The number of hydrogen-bond donors (Lipinski definition) is 1. The van der Waals surface area contributed by atoms with Gasteiger partial charge in [-0.25, -0.2) is 4.79 Å². The Morgan fingerprint density at radius 3 is 2.88 bits per heavy atom. The Bertz CT molecular complexity index is 868. The first-order valence-corrected chi connectivity index (χ1v) is 7.94. The van der Waals surface area contributed by atoms with Gasteiger partial charge in [-0.15, -0.1) is 0 Å². The maximum Gasteiger partial charge on any atom is 0.341 e. The molecule has 2 aromatic rings. The van der Waals surface area contributed by atoms with Crippen LogP contribution in [0.4, 0.5) is 0 Å². The van der Waals surface area contributed by atoms with Crippen LogP contribution in [0.2, 0.25) is 5.02 Å². The van der Waals surface area contributed by atoms with E-state index in [0.29, 0.717) is 33.4 Å². The minimum absolute atomic E-state index is 0.149. The first-order valence-electron chi connectivity index (χ1n) is 7.56. The quantitative estimate of drug-likeness (QED) is 0.846. The summed E-state index contributed by atoms with van der Waals surface area (Å²) in [4.78, 5) is 23.9. The summed E-state index contributed by atoms with van der Waals surface area (Å²) < 4.78 is 15.7.